The summed E-state index contributed by atoms with van der Waals surface area (Å²) < 4.78 is 10.0. The van der Waals surface area contributed by atoms with Crippen LogP contribution in [0.4, 0.5) is 0 Å². The van der Waals surface area contributed by atoms with Gasteiger partial charge in [0.25, 0.3) is 0 Å². The maximum atomic E-state index is 11.6. The molecule has 0 saturated carbocycles. The van der Waals surface area contributed by atoms with Crippen molar-refractivity contribution in [1.29, 1.82) is 0 Å². The Labute approximate surface area is 102 Å². The highest BCUT2D eigenvalue weighted by Crippen LogP contribution is 2.14. The second-order valence-corrected chi connectivity index (χ2v) is 4.89. The second kappa shape index (κ2) is 5.49. The smallest absolute Gasteiger partial charge is 0.349 e. The number of carbonyl (C=O) groups is 2. The Bertz CT molecular complexity index is 293. The van der Waals surface area contributed by atoms with Crippen molar-refractivity contribution in [2.75, 3.05) is 6.54 Å². The molecule has 0 N–H and O–H groups in total. The first-order valence-corrected chi connectivity index (χ1v) is 5.99. The minimum Gasteiger partial charge on any atom is -0.448 e. The van der Waals surface area contributed by atoms with Crippen LogP contribution < -0.4 is 0 Å². The summed E-state index contributed by atoms with van der Waals surface area (Å²) in [5.41, 5.74) is 0. The van der Waals surface area contributed by atoms with E-state index in [-0.39, 0.29) is 12.1 Å². The molecule has 1 saturated heterocycles. The minimum absolute atomic E-state index is 0.279. The summed E-state index contributed by atoms with van der Waals surface area (Å²) in [6, 6.07) is 0.557. The van der Waals surface area contributed by atoms with Crippen molar-refractivity contribution in [3.05, 3.63) is 0 Å². The lowest BCUT2D eigenvalue weighted by Gasteiger charge is -2.34. The van der Waals surface area contributed by atoms with E-state index < -0.39 is 24.1 Å². The molecule has 1 aliphatic rings. The second-order valence-electron chi connectivity index (χ2n) is 4.89. The van der Waals surface area contributed by atoms with Crippen LogP contribution in [0.25, 0.3) is 0 Å². The van der Waals surface area contributed by atoms with Gasteiger partial charge in [-0.1, -0.05) is 0 Å². The Kier molecular flexibility index (Phi) is 4.51. The van der Waals surface area contributed by atoms with E-state index in [0.717, 1.165) is 0 Å². The Hall–Kier alpha value is -1.10. The molecule has 2 atom stereocenters. The highest BCUT2D eigenvalue weighted by Gasteiger charge is 2.37. The fourth-order valence-electron chi connectivity index (χ4n) is 1.90. The molecule has 98 valence electrons. The summed E-state index contributed by atoms with van der Waals surface area (Å²) in [6.07, 6.45) is -1.59. The molecule has 0 aromatic carbocycles. The van der Waals surface area contributed by atoms with Crippen LogP contribution in [0.2, 0.25) is 0 Å². The number of esters is 2. The predicted molar refractivity (Wildman–Crippen MR) is 62.4 cm³/mol. The van der Waals surface area contributed by atoms with Gasteiger partial charge in [-0.05, 0) is 34.6 Å². The van der Waals surface area contributed by atoms with Crippen LogP contribution in [-0.2, 0) is 19.1 Å². The number of nitrogens with zero attached hydrogens (tertiary/aromatic N) is 1. The van der Waals surface area contributed by atoms with Gasteiger partial charge in [-0.25, -0.2) is 9.59 Å². The number of cyclic esters (lactones) is 2. The van der Waals surface area contributed by atoms with Crippen molar-refractivity contribution in [3.63, 3.8) is 0 Å². The summed E-state index contributed by atoms with van der Waals surface area (Å²) >= 11 is 0. The quantitative estimate of drug-likeness (QED) is 0.688. The largest absolute Gasteiger partial charge is 0.448 e. The average Bonchev–Trinajstić information content (AvgIpc) is 2.20. The van der Waals surface area contributed by atoms with E-state index in [4.69, 9.17) is 9.47 Å². The van der Waals surface area contributed by atoms with E-state index in [1.807, 2.05) is 27.7 Å². The summed E-state index contributed by atoms with van der Waals surface area (Å²) in [7, 11) is 0. The fourth-order valence-corrected chi connectivity index (χ4v) is 1.90. The highest BCUT2D eigenvalue weighted by atomic mass is 16.6. The van der Waals surface area contributed by atoms with E-state index in [1.54, 1.807) is 0 Å². The molecule has 0 radical (unpaired) electrons. The number of hydrogen-bond donors (Lipinski definition) is 0. The lowest BCUT2D eigenvalue weighted by molar-refractivity contribution is -0.195. The van der Waals surface area contributed by atoms with Crippen molar-refractivity contribution >= 4 is 11.9 Å². The van der Waals surface area contributed by atoms with Crippen LogP contribution in [0.15, 0.2) is 0 Å². The van der Waals surface area contributed by atoms with Crippen LogP contribution in [0.5, 0.6) is 0 Å². The van der Waals surface area contributed by atoms with Gasteiger partial charge in [0, 0.05) is 18.6 Å². The normalized spacial score (nSPS) is 25.4. The van der Waals surface area contributed by atoms with E-state index in [1.165, 1.54) is 6.92 Å². The Morgan fingerprint density at radius 1 is 1.06 bits per heavy atom. The van der Waals surface area contributed by atoms with Gasteiger partial charge in [0.15, 0.2) is 6.10 Å². The lowest BCUT2D eigenvalue weighted by atomic mass is 10.2. The third-order valence-electron chi connectivity index (χ3n) is 2.85. The summed E-state index contributed by atoms with van der Waals surface area (Å²) in [6.45, 7) is 10.1. The van der Waals surface area contributed by atoms with Gasteiger partial charge in [-0.15, -0.1) is 0 Å². The molecule has 5 nitrogen and oxygen atoms in total. The molecule has 0 bridgehead atoms. The van der Waals surface area contributed by atoms with E-state index in [0.29, 0.717) is 6.54 Å². The third kappa shape index (κ3) is 3.43. The number of rotatable bonds is 4. The highest BCUT2D eigenvalue weighted by molar-refractivity contribution is 5.87. The monoisotopic (exact) mass is 243 g/mol. The molecule has 1 rings (SSSR count). The van der Waals surface area contributed by atoms with Gasteiger partial charge in [0.1, 0.15) is 0 Å². The van der Waals surface area contributed by atoms with E-state index >= 15 is 0 Å². The average molecular weight is 243 g/mol. The van der Waals surface area contributed by atoms with Crippen LogP contribution in [-0.4, -0.2) is 47.7 Å². The minimum atomic E-state index is -0.802. The van der Waals surface area contributed by atoms with Gasteiger partial charge in [0.2, 0.25) is 6.10 Å². The van der Waals surface area contributed by atoms with Gasteiger partial charge >= 0.3 is 11.9 Å². The maximum absolute atomic E-state index is 11.6. The molecular formula is C12H21NO4. The molecule has 0 spiro atoms. The van der Waals surface area contributed by atoms with E-state index in [9.17, 15) is 9.59 Å². The first kappa shape index (κ1) is 14.0. The zero-order valence-electron chi connectivity index (χ0n) is 11.1. The SMILES string of the molecule is CC1OC(=O)C(CN(C(C)C)C(C)C)OC1=O. The Balaban J connectivity index is 2.66. The first-order chi connectivity index (χ1) is 7.82. The molecule has 5 heteroatoms. The van der Waals surface area contributed by atoms with Crippen molar-refractivity contribution in [2.45, 2.75) is 58.9 Å². The molecule has 2 unspecified atom stereocenters. The van der Waals surface area contributed by atoms with Crippen LogP contribution in [0.1, 0.15) is 34.6 Å². The number of ether oxygens (including phenoxy) is 2. The van der Waals surface area contributed by atoms with Crippen molar-refractivity contribution in [1.82, 2.24) is 4.90 Å². The summed E-state index contributed by atoms with van der Waals surface area (Å²) in [5, 5.41) is 0. The van der Waals surface area contributed by atoms with Crippen molar-refractivity contribution < 1.29 is 19.1 Å². The van der Waals surface area contributed by atoms with E-state index in [2.05, 4.69) is 4.90 Å². The zero-order valence-corrected chi connectivity index (χ0v) is 11.1. The van der Waals surface area contributed by atoms with Crippen molar-refractivity contribution in [2.24, 2.45) is 0 Å². The van der Waals surface area contributed by atoms with Gasteiger partial charge in [0.05, 0.1) is 0 Å². The molecule has 1 fully saturated rings. The first-order valence-electron chi connectivity index (χ1n) is 5.99. The fraction of sp³-hybridized carbons (Fsp3) is 0.833. The molecule has 0 aromatic heterocycles. The number of carbonyl (C=O) groups excluding carboxylic acids is 2. The molecule has 0 amide bonds. The van der Waals surface area contributed by atoms with Gasteiger partial charge < -0.3 is 9.47 Å². The maximum Gasteiger partial charge on any atom is 0.349 e. The molecule has 1 heterocycles. The molecule has 17 heavy (non-hydrogen) atoms. The van der Waals surface area contributed by atoms with Crippen LogP contribution >= 0.6 is 0 Å². The summed E-state index contributed by atoms with van der Waals surface area (Å²) in [4.78, 5) is 25.1. The molecule has 0 aromatic rings. The Morgan fingerprint density at radius 2 is 1.59 bits per heavy atom. The standard InChI is InChI=1S/C12H21NO4/c1-7(2)13(8(3)4)6-10-12(15)16-9(5)11(14)17-10/h7-10H,6H2,1-5H3. The topological polar surface area (TPSA) is 55.8 Å². The third-order valence-corrected chi connectivity index (χ3v) is 2.85. The van der Waals surface area contributed by atoms with Crippen LogP contribution in [0.3, 0.4) is 0 Å². The summed E-state index contributed by atoms with van der Waals surface area (Å²) in [5.74, 6) is -0.925. The molecular weight excluding hydrogens is 222 g/mol. The Morgan fingerprint density at radius 3 is 2.06 bits per heavy atom. The molecule has 1 aliphatic heterocycles. The van der Waals surface area contributed by atoms with Crippen LogP contribution in [0, 0.1) is 0 Å². The van der Waals surface area contributed by atoms with Crippen molar-refractivity contribution in [3.8, 4) is 0 Å². The van der Waals surface area contributed by atoms with Gasteiger partial charge in [-0.3, -0.25) is 4.90 Å². The van der Waals surface area contributed by atoms with Gasteiger partial charge in [-0.2, -0.15) is 0 Å². The number of hydrogen-bond acceptors (Lipinski definition) is 5. The zero-order chi connectivity index (χ0) is 13.2. The predicted octanol–water partition coefficient (Wildman–Crippen LogP) is 0.962. The molecule has 0 aliphatic carbocycles. The lowest BCUT2D eigenvalue weighted by Crippen LogP contribution is -2.51.